The van der Waals surface area contributed by atoms with Crippen LogP contribution in [0.15, 0.2) is 42.5 Å². The van der Waals surface area contributed by atoms with Gasteiger partial charge in [0.25, 0.3) is 0 Å². The maximum Gasteiger partial charge on any atom is 0.0728 e. The predicted molar refractivity (Wildman–Crippen MR) is 113 cm³/mol. The number of benzene rings is 2. The lowest BCUT2D eigenvalue weighted by Gasteiger charge is -2.42. The summed E-state index contributed by atoms with van der Waals surface area (Å²) in [6, 6.07) is 15.3. The van der Waals surface area contributed by atoms with Gasteiger partial charge in [0.15, 0.2) is 0 Å². The summed E-state index contributed by atoms with van der Waals surface area (Å²) in [6.07, 6.45) is 8.03. The van der Waals surface area contributed by atoms with E-state index >= 15 is 0 Å². The lowest BCUT2D eigenvalue weighted by Crippen LogP contribution is -2.49. The van der Waals surface area contributed by atoms with Crippen LogP contribution in [0.25, 0.3) is 10.8 Å². The van der Waals surface area contributed by atoms with Crippen molar-refractivity contribution in [3.05, 3.63) is 48.0 Å². The molecule has 2 N–H and O–H groups in total. The van der Waals surface area contributed by atoms with Crippen LogP contribution in [-0.4, -0.2) is 48.3 Å². The molecule has 27 heavy (non-hydrogen) atoms. The number of hydrogen-bond donors (Lipinski definition) is 2. The average Bonchev–Trinajstić information content (AvgIpc) is 2.70. The molecule has 1 unspecified atom stereocenters. The fourth-order valence-electron chi connectivity index (χ4n) is 5.13. The summed E-state index contributed by atoms with van der Waals surface area (Å²) < 4.78 is 0. The minimum Gasteiger partial charge on any atom is -0.389 e. The minimum atomic E-state index is -0.588. The van der Waals surface area contributed by atoms with E-state index < -0.39 is 5.60 Å². The standard InChI is InChI=1S/C24H34N2O/c27-24(13-6-2-1-3-7-14-24)23(19-26-17-15-25-16-18-26)22-12-8-10-20-9-4-5-11-21(20)22/h4-5,8-12,23,25,27H,1-3,6-7,13-19H2. The lowest BCUT2D eigenvalue weighted by atomic mass is 9.73. The third kappa shape index (κ3) is 4.37. The quantitative estimate of drug-likeness (QED) is 0.847. The number of piperazine rings is 1. The first-order valence-electron chi connectivity index (χ1n) is 10.9. The van der Waals surface area contributed by atoms with Crippen LogP contribution in [0, 0.1) is 0 Å². The molecule has 0 spiro atoms. The molecule has 2 aromatic rings. The maximum absolute atomic E-state index is 11.9. The van der Waals surface area contributed by atoms with Crippen LogP contribution in [0.4, 0.5) is 0 Å². The lowest BCUT2D eigenvalue weighted by molar-refractivity contribution is -0.0227. The monoisotopic (exact) mass is 366 g/mol. The van der Waals surface area contributed by atoms with Gasteiger partial charge in [-0.25, -0.2) is 0 Å². The maximum atomic E-state index is 11.9. The highest BCUT2D eigenvalue weighted by Crippen LogP contribution is 2.41. The van der Waals surface area contributed by atoms with E-state index in [-0.39, 0.29) is 5.92 Å². The summed E-state index contributed by atoms with van der Waals surface area (Å²) in [5.41, 5.74) is 0.754. The van der Waals surface area contributed by atoms with E-state index in [0.29, 0.717) is 0 Å². The first-order valence-corrected chi connectivity index (χ1v) is 10.9. The Morgan fingerprint density at radius 1 is 0.889 bits per heavy atom. The molecule has 2 aliphatic rings. The number of rotatable bonds is 4. The van der Waals surface area contributed by atoms with E-state index in [1.807, 2.05) is 0 Å². The van der Waals surface area contributed by atoms with Gasteiger partial charge >= 0.3 is 0 Å². The van der Waals surface area contributed by atoms with Crippen molar-refractivity contribution >= 4 is 10.8 Å². The molecule has 2 aromatic carbocycles. The van der Waals surface area contributed by atoms with E-state index in [1.54, 1.807) is 0 Å². The molecule has 146 valence electrons. The molecule has 1 saturated heterocycles. The first kappa shape index (κ1) is 18.9. The van der Waals surface area contributed by atoms with Crippen LogP contribution in [0.3, 0.4) is 0 Å². The molecule has 1 atom stereocenters. The highest BCUT2D eigenvalue weighted by Gasteiger charge is 2.39. The molecule has 3 heteroatoms. The van der Waals surface area contributed by atoms with Gasteiger partial charge in [0, 0.05) is 38.6 Å². The summed E-state index contributed by atoms with van der Waals surface area (Å²) in [6.45, 7) is 5.24. The van der Waals surface area contributed by atoms with Gasteiger partial charge in [-0.05, 0) is 29.2 Å². The molecule has 1 heterocycles. The smallest absolute Gasteiger partial charge is 0.0728 e. The largest absolute Gasteiger partial charge is 0.389 e. The normalized spacial score (nSPS) is 22.9. The summed E-state index contributed by atoms with van der Waals surface area (Å²) in [5.74, 6) is 0.180. The Morgan fingerprint density at radius 3 is 2.33 bits per heavy atom. The van der Waals surface area contributed by atoms with E-state index in [2.05, 4.69) is 52.7 Å². The van der Waals surface area contributed by atoms with Gasteiger partial charge in [-0.2, -0.15) is 0 Å². The summed E-state index contributed by atoms with van der Waals surface area (Å²) >= 11 is 0. The molecule has 1 saturated carbocycles. The van der Waals surface area contributed by atoms with Crippen LogP contribution < -0.4 is 5.32 Å². The van der Waals surface area contributed by atoms with Crippen LogP contribution >= 0.6 is 0 Å². The van der Waals surface area contributed by atoms with Crippen molar-refractivity contribution in [2.24, 2.45) is 0 Å². The van der Waals surface area contributed by atoms with Crippen molar-refractivity contribution in [2.45, 2.75) is 56.5 Å². The average molecular weight is 367 g/mol. The Kier molecular flexibility index (Phi) is 6.11. The molecule has 0 aromatic heterocycles. The van der Waals surface area contributed by atoms with Gasteiger partial charge in [-0.15, -0.1) is 0 Å². The topological polar surface area (TPSA) is 35.5 Å². The second kappa shape index (κ2) is 8.72. The van der Waals surface area contributed by atoms with Crippen LogP contribution in [0.2, 0.25) is 0 Å². The van der Waals surface area contributed by atoms with Crippen LogP contribution in [-0.2, 0) is 0 Å². The molecule has 3 nitrogen and oxygen atoms in total. The zero-order valence-electron chi connectivity index (χ0n) is 16.5. The molecule has 0 amide bonds. The third-order valence-corrected chi connectivity index (χ3v) is 6.72. The van der Waals surface area contributed by atoms with E-state index in [4.69, 9.17) is 0 Å². The summed E-state index contributed by atoms with van der Waals surface area (Å²) in [7, 11) is 0. The highest BCUT2D eigenvalue weighted by molar-refractivity contribution is 5.86. The van der Waals surface area contributed by atoms with E-state index in [0.717, 1.165) is 58.4 Å². The van der Waals surface area contributed by atoms with Gasteiger partial charge < -0.3 is 15.3 Å². The van der Waals surface area contributed by atoms with Crippen molar-refractivity contribution in [1.29, 1.82) is 0 Å². The molecule has 1 aliphatic carbocycles. The second-order valence-corrected chi connectivity index (χ2v) is 8.54. The van der Waals surface area contributed by atoms with Crippen LogP contribution in [0.5, 0.6) is 0 Å². The molecule has 0 radical (unpaired) electrons. The molecule has 4 rings (SSSR count). The Bertz CT molecular complexity index is 725. The van der Waals surface area contributed by atoms with Gasteiger partial charge in [0.05, 0.1) is 5.60 Å². The van der Waals surface area contributed by atoms with Gasteiger partial charge in [-0.1, -0.05) is 74.6 Å². The number of nitrogens with one attached hydrogen (secondary N) is 1. The van der Waals surface area contributed by atoms with Crippen molar-refractivity contribution in [3.63, 3.8) is 0 Å². The Balaban J connectivity index is 1.72. The number of aliphatic hydroxyl groups is 1. The number of fused-ring (bicyclic) bond motifs is 1. The Labute approximate surface area is 163 Å². The van der Waals surface area contributed by atoms with Crippen molar-refractivity contribution in [3.8, 4) is 0 Å². The molecule has 2 fully saturated rings. The van der Waals surface area contributed by atoms with E-state index in [1.165, 1.54) is 35.6 Å². The predicted octanol–water partition coefficient (Wildman–Crippen LogP) is 4.30. The zero-order valence-corrected chi connectivity index (χ0v) is 16.5. The molecular formula is C24H34N2O. The SMILES string of the molecule is OC1(C(CN2CCNCC2)c2cccc3ccccc23)CCCCCCC1. The van der Waals surface area contributed by atoms with Crippen molar-refractivity contribution < 1.29 is 5.11 Å². The van der Waals surface area contributed by atoms with Crippen LogP contribution in [0.1, 0.15) is 56.4 Å². The molecular weight excluding hydrogens is 332 g/mol. The molecule has 1 aliphatic heterocycles. The van der Waals surface area contributed by atoms with Gasteiger partial charge in [0.2, 0.25) is 0 Å². The number of nitrogens with zero attached hydrogens (tertiary/aromatic N) is 1. The highest BCUT2D eigenvalue weighted by atomic mass is 16.3. The Hall–Kier alpha value is -1.42. The van der Waals surface area contributed by atoms with Crippen molar-refractivity contribution in [1.82, 2.24) is 10.2 Å². The number of hydrogen-bond acceptors (Lipinski definition) is 3. The Morgan fingerprint density at radius 2 is 1.56 bits per heavy atom. The summed E-state index contributed by atoms with van der Waals surface area (Å²) in [4.78, 5) is 2.56. The van der Waals surface area contributed by atoms with Gasteiger partial charge in [0.1, 0.15) is 0 Å². The second-order valence-electron chi connectivity index (χ2n) is 8.54. The summed E-state index contributed by atoms with van der Waals surface area (Å²) in [5, 5.41) is 18.0. The van der Waals surface area contributed by atoms with Gasteiger partial charge in [-0.3, -0.25) is 0 Å². The van der Waals surface area contributed by atoms with Crippen molar-refractivity contribution in [2.75, 3.05) is 32.7 Å². The molecule has 0 bridgehead atoms. The third-order valence-electron chi connectivity index (χ3n) is 6.72. The first-order chi connectivity index (χ1) is 13.3. The fraction of sp³-hybridized carbons (Fsp3) is 0.583. The minimum absolute atomic E-state index is 0.180. The fourth-order valence-corrected chi connectivity index (χ4v) is 5.13. The van der Waals surface area contributed by atoms with E-state index in [9.17, 15) is 5.11 Å². The zero-order chi connectivity index (χ0) is 18.5.